The van der Waals surface area contributed by atoms with Crippen molar-refractivity contribution in [3.05, 3.63) is 12.7 Å². The van der Waals surface area contributed by atoms with E-state index in [-0.39, 0.29) is 24.1 Å². The van der Waals surface area contributed by atoms with Crippen LogP contribution in [0.3, 0.4) is 0 Å². The van der Waals surface area contributed by atoms with Gasteiger partial charge in [-0.25, -0.2) is 19.5 Å². The number of imidazole rings is 1. The van der Waals surface area contributed by atoms with Crippen LogP contribution in [0.2, 0.25) is 18.1 Å². The second kappa shape index (κ2) is 11.3. The fourth-order valence-corrected chi connectivity index (χ4v) is 7.12. The van der Waals surface area contributed by atoms with Crippen molar-refractivity contribution in [2.75, 3.05) is 31.0 Å². The molecule has 1 unspecified atom stereocenters. The van der Waals surface area contributed by atoms with Gasteiger partial charge in [0.2, 0.25) is 0 Å². The van der Waals surface area contributed by atoms with Crippen LogP contribution in [0.25, 0.3) is 11.2 Å². The maximum atomic E-state index is 13.2. The molecule has 0 aliphatic carbocycles. The number of phosphoric ester groups is 1. The molecule has 0 spiro atoms. The lowest BCUT2D eigenvalue weighted by molar-refractivity contribution is -0.142. The van der Waals surface area contributed by atoms with Crippen LogP contribution in [0.1, 0.15) is 40.8 Å². The van der Waals surface area contributed by atoms with E-state index < -0.39 is 52.6 Å². The van der Waals surface area contributed by atoms with E-state index in [1.54, 1.807) is 24.7 Å². The molecule has 4 heterocycles. The molecule has 2 aromatic heterocycles. The topological polar surface area (TPSA) is 162 Å². The second-order valence-electron chi connectivity index (χ2n) is 11.7. The first-order valence-electron chi connectivity index (χ1n) is 12.8. The summed E-state index contributed by atoms with van der Waals surface area (Å²) in [5, 5.41) is -0.157. The van der Waals surface area contributed by atoms with Crippen LogP contribution in [0.5, 0.6) is 0 Å². The van der Waals surface area contributed by atoms with Crippen molar-refractivity contribution < 1.29 is 37.1 Å². The normalized spacial score (nSPS) is 29.2. The SMILES string of the molecule is CSC[C@H]1O[C@@H](n2cnc3c(N)ncnc32)[C@H](O[Si](C)(C)C(C)(C)C)[C@@H]1OP(=O)(O)OC[C@H]1COC(C)(C)O1. The average molecular weight is 606 g/mol. The van der Waals surface area contributed by atoms with Crippen molar-refractivity contribution in [1.82, 2.24) is 19.5 Å². The molecule has 2 saturated heterocycles. The molecule has 16 heteroatoms. The number of nitrogens with zero attached hydrogens (tertiary/aromatic N) is 4. The lowest BCUT2D eigenvalue weighted by Crippen LogP contribution is -2.49. The van der Waals surface area contributed by atoms with E-state index in [4.69, 9.17) is 33.4 Å². The zero-order valence-electron chi connectivity index (χ0n) is 23.7. The molecule has 220 valence electrons. The van der Waals surface area contributed by atoms with Crippen molar-refractivity contribution in [2.24, 2.45) is 0 Å². The summed E-state index contributed by atoms with van der Waals surface area (Å²) in [5.41, 5.74) is 6.91. The summed E-state index contributed by atoms with van der Waals surface area (Å²) in [5.74, 6) is -0.0650. The summed E-state index contributed by atoms with van der Waals surface area (Å²) in [7, 11) is -6.99. The molecule has 0 radical (unpaired) electrons. The van der Waals surface area contributed by atoms with Gasteiger partial charge in [-0.2, -0.15) is 11.8 Å². The molecule has 0 bridgehead atoms. The lowest BCUT2D eigenvalue weighted by atomic mass is 10.1. The summed E-state index contributed by atoms with van der Waals surface area (Å²) < 4.78 is 50.7. The van der Waals surface area contributed by atoms with E-state index in [1.165, 1.54) is 18.1 Å². The number of nitrogen functional groups attached to an aromatic ring is 1. The maximum absolute atomic E-state index is 13.2. The Labute approximate surface area is 234 Å². The van der Waals surface area contributed by atoms with E-state index in [0.717, 1.165) is 0 Å². The van der Waals surface area contributed by atoms with Gasteiger partial charge in [0.1, 0.15) is 30.2 Å². The molecule has 2 aliphatic heterocycles. The van der Waals surface area contributed by atoms with Crippen molar-refractivity contribution in [2.45, 2.75) is 89.2 Å². The summed E-state index contributed by atoms with van der Waals surface area (Å²) in [4.78, 5) is 23.6. The number of anilines is 1. The zero-order chi connectivity index (χ0) is 28.8. The highest BCUT2D eigenvalue weighted by molar-refractivity contribution is 7.98. The molecule has 2 aromatic rings. The van der Waals surface area contributed by atoms with Crippen molar-refractivity contribution >= 4 is 44.9 Å². The molecule has 3 N–H and O–H groups in total. The molecule has 2 fully saturated rings. The summed E-state index contributed by atoms with van der Waals surface area (Å²) in [6.07, 6.45) is 1.29. The van der Waals surface area contributed by atoms with Crippen LogP contribution in [-0.2, 0) is 32.2 Å². The van der Waals surface area contributed by atoms with Crippen molar-refractivity contribution in [3.8, 4) is 0 Å². The minimum Gasteiger partial charge on any atom is -0.407 e. The Bertz CT molecular complexity index is 1210. The van der Waals surface area contributed by atoms with Crippen LogP contribution in [0.15, 0.2) is 12.7 Å². The number of hydrogen-bond donors (Lipinski definition) is 2. The predicted molar refractivity (Wildman–Crippen MR) is 150 cm³/mol. The first-order chi connectivity index (χ1) is 18.0. The van der Waals surface area contributed by atoms with Crippen molar-refractivity contribution in [3.63, 3.8) is 0 Å². The molecule has 2 aliphatic rings. The Morgan fingerprint density at radius 3 is 2.62 bits per heavy atom. The third kappa shape index (κ3) is 6.85. The number of fused-ring (bicyclic) bond motifs is 1. The number of phosphoric acid groups is 1. The Morgan fingerprint density at radius 1 is 1.28 bits per heavy atom. The molecule has 6 atom stereocenters. The molecular weight excluding hydrogens is 565 g/mol. The number of nitrogens with two attached hydrogens (primary N) is 1. The quantitative estimate of drug-likeness (QED) is 0.298. The highest BCUT2D eigenvalue weighted by Gasteiger charge is 2.54. The Kier molecular flexibility index (Phi) is 8.91. The first-order valence-corrected chi connectivity index (χ1v) is 18.6. The van der Waals surface area contributed by atoms with Crippen LogP contribution in [0.4, 0.5) is 5.82 Å². The average Bonchev–Trinajstić information content (AvgIpc) is 3.49. The minimum absolute atomic E-state index is 0.157. The summed E-state index contributed by atoms with van der Waals surface area (Å²) in [6, 6.07) is 0. The van der Waals surface area contributed by atoms with E-state index >= 15 is 0 Å². The number of aromatic nitrogens is 4. The molecule has 4 rings (SSSR count). The van der Waals surface area contributed by atoms with E-state index in [1.807, 2.05) is 6.26 Å². The standard InChI is InChI=1S/C23H40N5O8PSSi/c1-22(2,3)39(7,8)36-18-17(35-37(29,30)32-10-14-9-31-23(4,5)34-14)15(11-38-6)33-21(18)28-13-27-16-19(24)25-12-26-20(16)28/h12-15,17-18,21H,9-11H2,1-8H3,(H,29,30)(H2,24,25,26)/t14-,15-,17-,18-,21-/m1/s1. The van der Waals surface area contributed by atoms with E-state index in [0.29, 0.717) is 16.9 Å². The van der Waals surface area contributed by atoms with Gasteiger partial charge in [-0.15, -0.1) is 0 Å². The molecular formula is C23H40N5O8PSSi. The Morgan fingerprint density at radius 2 is 2.00 bits per heavy atom. The van der Waals surface area contributed by atoms with Crippen LogP contribution in [0, 0.1) is 0 Å². The van der Waals surface area contributed by atoms with Crippen LogP contribution < -0.4 is 5.73 Å². The van der Waals surface area contributed by atoms with Gasteiger partial charge in [0.25, 0.3) is 0 Å². The third-order valence-electron chi connectivity index (χ3n) is 7.26. The Balaban J connectivity index is 1.65. The van der Waals surface area contributed by atoms with Crippen LogP contribution in [-0.4, -0.2) is 88.2 Å². The number of rotatable bonds is 10. The van der Waals surface area contributed by atoms with Crippen molar-refractivity contribution in [1.29, 1.82) is 0 Å². The third-order valence-corrected chi connectivity index (χ3v) is 13.4. The van der Waals surface area contributed by atoms with Crippen LogP contribution >= 0.6 is 19.6 Å². The molecule has 0 saturated carbocycles. The van der Waals surface area contributed by atoms with Gasteiger partial charge in [-0.1, -0.05) is 20.8 Å². The van der Waals surface area contributed by atoms with Gasteiger partial charge in [0, 0.05) is 5.75 Å². The zero-order valence-corrected chi connectivity index (χ0v) is 26.4. The predicted octanol–water partition coefficient (Wildman–Crippen LogP) is 3.71. The van der Waals surface area contributed by atoms with E-state index in [9.17, 15) is 9.46 Å². The molecule has 13 nitrogen and oxygen atoms in total. The van der Waals surface area contributed by atoms with Gasteiger partial charge in [-0.3, -0.25) is 13.6 Å². The van der Waals surface area contributed by atoms with Gasteiger partial charge in [0.15, 0.2) is 31.8 Å². The maximum Gasteiger partial charge on any atom is 0.472 e. The lowest BCUT2D eigenvalue weighted by Gasteiger charge is -2.40. The first kappa shape index (κ1) is 30.8. The summed E-state index contributed by atoms with van der Waals surface area (Å²) in [6.45, 7) is 14.2. The van der Waals surface area contributed by atoms with Gasteiger partial charge in [-0.05, 0) is 38.2 Å². The van der Waals surface area contributed by atoms with E-state index in [2.05, 4.69) is 48.8 Å². The minimum atomic E-state index is -4.56. The number of ether oxygens (including phenoxy) is 3. The summed E-state index contributed by atoms with van der Waals surface area (Å²) >= 11 is 1.52. The van der Waals surface area contributed by atoms with Gasteiger partial charge in [0.05, 0.1) is 25.6 Å². The fraction of sp³-hybridized carbons (Fsp3) is 0.783. The molecule has 39 heavy (non-hydrogen) atoms. The van der Waals surface area contributed by atoms with Gasteiger partial charge < -0.3 is 29.3 Å². The molecule has 0 amide bonds. The fourth-order valence-electron chi connectivity index (χ4n) is 4.26. The smallest absolute Gasteiger partial charge is 0.407 e. The monoisotopic (exact) mass is 605 g/mol. The molecule has 0 aromatic carbocycles. The highest BCUT2D eigenvalue weighted by Crippen LogP contribution is 2.51. The highest BCUT2D eigenvalue weighted by atomic mass is 32.2. The van der Waals surface area contributed by atoms with Gasteiger partial charge >= 0.3 is 7.82 Å². The number of thioether (sulfide) groups is 1. The largest absolute Gasteiger partial charge is 0.472 e. The number of hydrogen-bond acceptors (Lipinski definition) is 12. The Hall–Kier alpha value is -1.13. The second-order valence-corrected chi connectivity index (χ2v) is 18.8.